The molecule has 0 saturated heterocycles. The molecule has 0 atom stereocenters. The molecule has 2 aromatic carbocycles. The third-order valence-corrected chi connectivity index (χ3v) is 3.80. The summed E-state index contributed by atoms with van der Waals surface area (Å²) in [6.07, 6.45) is 1.25. The SMILES string of the molecule is CCOc1cc([N+](=O)[O-])cc(C=NNC(=O)Cc2ccc(Br)cc2)c1O. The van der Waals surface area contributed by atoms with Crippen molar-refractivity contribution in [3.05, 3.63) is 62.1 Å². The number of benzene rings is 2. The topological polar surface area (TPSA) is 114 Å². The standard InChI is InChI=1S/C17H16BrN3O5/c1-2-26-15-9-14(21(24)25)8-12(17(15)23)10-19-20-16(22)7-11-3-5-13(18)6-4-11/h3-6,8-10,23H,2,7H2,1H3,(H,20,22). The number of hydrazone groups is 1. The Kier molecular flexibility index (Phi) is 6.67. The van der Waals surface area contributed by atoms with E-state index in [0.29, 0.717) is 0 Å². The molecule has 0 radical (unpaired) electrons. The number of ether oxygens (including phenoxy) is 1. The van der Waals surface area contributed by atoms with Crippen LogP contribution >= 0.6 is 15.9 Å². The minimum Gasteiger partial charge on any atom is -0.504 e. The van der Waals surface area contributed by atoms with Gasteiger partial charge < -0.3 is 9.84 Å². The molecule has 0 bridgehead atoms. The maximum absolute atomic E-state index is 11.9. The Morgan fingerprint density at radius 1 is 1.38 bits per heavy atom. The largest absolute Gasteiger partial charge is 0.504 e. The molecule has 9 heteroatoms. The summed E-state index contributed by atoms with van der Waals surface area (Å²) in [7, 11) is 0. The molecule has 0 aliphatic heterocycles. The molecule has 0 fully saturated rings. The second-order valence-corrected chi connectivity index (χ2v) is 6.08. The molecule has 0 aliphatic carbocycles. The monoisotopic (exact) mass is 421 g/mol. The third kappa shape index (κ3) is 5.28. The minimum absolute atomic E-state index is 0.0238. The van der Waals surface area contributed by atoms with Gasteiger partial charge in [0.1, 0.15) is 0 Å². The van der Waals surface area contributed by atoms with E-state index in [2.05, 4.69) is 26.5 Å². The summed E-state index contributed by atoms with van der Waals surface area (Å²) >= 11 is 3.31. The normalized spacial score (nSPS) is 10.7. The molecule has 0 unspecified atom stereocenters. The van der Waals surface area contributed by atoms with Gasteiger partial charge in [0, 0.05) is 16.1 Å². The molecule has 8 nitrogen and oxygen atoms in total. The van der Waals surface area contributed by atoms with Gasteiger partial charge in [-0.25, -0.2) is 5.43 Å². The first-order valence-corrected chi connectivity index (χ1v) is 8.40. The fourth-order valence-corrected chi connectivity index (χ4v) is 2.35. The number of carbonyl (C=O) groups is 1. The number of phenols is 1. The Morgan fingerprint density at radius 2 is 2.08 bits per heavy atom. The molecule has 2 rings (SSSR count). The molecular weight excluding hydrogens is 406 g/mol. The lowest BCUT2D eigenvalue weighted by Gasteiger charge is -2.08. The van der Waals surface area contributed by atoms with Crippen molar-refractivity contribution in [1.29, 1.82) is 0 Å². The van der Waals surface area contributed by atoms with Crippen molar-refractivity contribution in [3.63, 3.8) is 0 Å². The van der Waals surface area contributed by atoms with Crippen LogP contribution in [0, 0.1) is 10.1 Å². The van der Waals surface area contributed by atoms with Crippen LogP contribution < -0.4 is 10.2 Å². The van der Waals surface area contributed by atoms with Gasteiger partial charge in [-0.15, -0.1) is 0 Å². The third-order valence-electron chi connectivity index (χ3n) is 3.27. The molecule has 2 N–H and O–H groups in total. The summed E-state index contributed by atoms with van der Waals surface area (Å²) < 4.78 is 6.09. The molecule has 0 spiro atoms. The number of amides is 1. The van der Waals surface area contributed by atoms with Gasteiger partial charge in [-0.05, 0) is 24.6 Å². The lowest BCUT2D eigenvalue weighted by Crippen LogP contribution is -2.19. The smallest absolute Gasteiger partial charge is 0.274 e. The lowest BCUT2D eigenvalue weighted by atomic mass is 10.1. The maximum atomic E-state index is 11.9. The van der Waals surface area contributed by atoms with E-state index in [1.807, 2.05) is 12.1 Å². The number of nitro groups is 1. The summed E-state index contributed by atoms with van der Waals surface area (Å²) in [6.45, 7) is 1.92. The van der Waals surface area contributed by atoms with E-state index in [-0.39, 0.29) is 41.7 Å². The molecule has 136 valence electrons. The summed E-state index contributed by atoms with van der Waals surface area (Å²) in [5, 5.41) is 24.8. The van der Waals surface area contributed by atoms with Crippen molar-refractivity contribution in [3.8, 4) is 11.5 Å². The van der Waals surface area contributed by atoms with E-state index in [1.165, 1.54) is 0 Å². The molecule has 26 heavy (non-hydrogen) atoms. The van der Waals surface area contributed by atoms with E-state index >= 15 is 0 Å². The van der Waals surface area contributed by atoms with Crippen LogP contribution in [0.2, 0.25) is 0 Å². The molecule has 1 amide bonds. The second kappa shape index (κ2) is 8.95. The molecule has 2 aromatic rings. The van der Waals surface area contributed by atoms with Crippen molar-refractivity contribution in [2.75, 3.05) is 6.61 Å². The molecule has 0 saturated carbocycles. The number of phenolic OH excluding ortho intramolecular Hbond substituents is 1. The number of hydrogen-bond acceptors (Lipinski definition) is 6. The Balaban J connectivity index is 2.10. The van der Waals surface area contributed by atoms with Gasteiger partial charge in [0.25, 0.3) is 5.69 Å². The summed E-state index contributed by atoms with van der Waals surface area (Å²) in [4.78, 5) is 22.3. The number of rotatable bonds is 7. The van der Waals surface area contributed by atoms with Gasteiger partial charge in [0.2, 0.25) is 5.91 Å². The van der Waals surface area contributed by atoms with Crippen molar-refractivity contribution >= 4 is 33.7 Å². The fourth-order valence-electron chi connectivity index (χ4n) is 2.08. The average molecular weight is 422 g/mol. The van der Waals surface area contributed by atoms with E-state index in [9.17, 15) is 20.0 Å². The van der Waals surface area contributed by atoms with Crippen molar-refractivity contribution in [1.82, 2.24) is 5.43 Å². The summed E-state index contributed by atoms with van der Waals surface area (Å²) in [6, 6.07) is 9.51. The van der Waals surface area contributed by atoms with Crippen LogP contribution in [0.5, 0.6) is 11.5 Å². The zero-order valence-electron chi connectivity index (χ0n) is 13.8. The number of nitro benzene ring substituents is 1. The van der Waals surface area contributed by atoms with Crippen molar-refractivity contribution < 1.29 is 19.6 Å². The van der Waals surface area contributed by atoms with Crippen LogP contribution in [0.4, 0.5) is 5.69 Å². The lowest BCUT2D eigenvalue weighted by molar-refractivity contribution is -0.385. The minimum atomic E-state index is -0.606. The molecular formula is C17H16BrN3O5. The quantitative estimate of drug-likeness (QED) is 0.404. The highest BCUT2D eigenvalue weighted by Crippen LogP contribution is 2.33. The zero-order chi connectivity index (χ0) is 19.1. The van der Waals surface area contributed by atoms with E-state index in [4.69, 9.17) is 4.74 Å². The maximum Gasteiger partial charge on any atom is 0.274 e. The van der Waals surface area contributed by atoms with Crippen LogP contribution in [0.25, 0.3) is 0 Å². The van der Waals surface area contributed by atoms with Crippen LogP contribution in [0.3, 0.4) is 0 Å². The number of aromatic hydroxyl groups is 1. The van der Waals surface area contributed by atoms with Crippen LogP contribution in [0.1, 0.15) is 18.1 Å². The first-order chi connectivity index (χ1) is 12.4. The Hall–Kier alpha value is -2.94. The van der Waals surface area contributed by atoms with Gasteiger partial charge in [-0.3, -0.25) is 14.9 Å². The predicted octanol–water partition coefficient (Wildman–Crippen LogP) is 3.15. The first kappa shape index (κ1) is 19.4. The highest BCUT2D eigenvalue weighted by atomic mass is 79.9. The number of nitrogens with zero attached hydrogens (tertiary/aromatic N) is 2. The number of non-ortho nitro benzene ring substituents is 1. The fraction of sp³-hybridized carbons (Fsp3) is 0.176. The van der Waals surface area contributed by atoms with Gasteiger partial charge in [-0.1, -0.05) is 28.1 Å². The number of halogens is 1. The van der Waals surface area contributed by atoms with Gasteiger partial charge >= 0.3 is 0 Å². The van der Waals surface area contributed by atoms with Crippen molar-refractivity contribution in [2.24, 2.45) is 5.10 Å². The molecule has 0 aromatic heterocycles. The number of nitrogens with one attached hydrogen (secondary N) is 1. The summed E-state index contributed by atoms with van der Waals surface area (Å²) in [5.41, 5.74) is 2.93. The first-order valence-electron chi connectivity index (χ1n) is 7.61. The number of hydrogen-bond donors (Lipinski definition) is 2. The van der Waals surface area contributed by atoms with E-state index < -0.39 is 4.92 Å². The second-order valence-electron chi connectivity index (χ2n) is 5.17. The average Bonchev–Trinajstić information content (AvgIpc) is 2.60. The zero-order valence-corrected chi connectivity index (χ0v) is 15.4. The van der Waals surface area contributed by atoms with Gasteiger partial charge in [0.15, 0.2) is 11.5 Å². The van der Waals surface area contributed by atoms with E-state index in [1.54, 1.807) is 19.1 Å². The summed E-state index contributed by atoms with van der Waals surface area (Å²) in [5.74, 6) is -0.675. The van der Waals surface area contributed by atoms with E-state index in [0.717, 1.165) is 28.4 Å². The Labute approximate surface area is 157 Å². The number of carbonyl (C=O) groups excluding carboxylic acids is 1. The van der Waals surface area contributed by atoms with Crippen LogP contribution in [-0.2, 0) is 11.2 Å². The highest BCUT2D eigenvalue weighted by Gasteiger charge is 2.16. The van der Waals surface area contributed by atoms with Crippen molar-refractivity contribution in [2.45, 2.75) is 13.3 Å². The Morgan fingerprint density at radius 3 is 2.69 bits per heavy atom. The predicted molar refractivity (Wildman–Crippen MR) is 99.5 cm³/mol. The van der Waals surface area contributed by atoms with Crippen LogP contribution in [0.15, 0.2) is 46.0 Å². The Bertz CT molecular complexity index is 837. The highest BCUT2D eigenvalue weighted by molar-refractivity contribution is 9.10. The van der Waals surface area contributed by atoms with Gasteiger partial charge in [0.05, 0.1) is 30.2 Å². The molecule has 0 heterocycles. The molecule has 0 aliphatic rings. The van der Waals surface area contributed by atoms with Crippen LogP contribution in [-0.4, -0.2) is 28.8 Å². The van der Waals surface area contributed by atoms with Gasteiger partial charge in [-0.2, -0.15) is 5.10 Å².